The van der Waals surface area contributed by atoms with Crippen LogP contribution in [-0.2, 0) is 6.42 Å². The highest BCUT2D eigenvalue weighted by molar-refractivity contribution is 7.80. The number of nitrogens with zero attached hydrogens (tertiary/aromatic N) is 2. The molecule has 4 heteroatoms. The smallest absolute Gasteiger partial charge is 0.147 e. The summed E-state index contributed by atoms with van der Waals surface area (Å²) in [5, 5.41) is 0.433. The molecule has 0 saturated heterocycles. The van der Waals surface area contributed by atoms with Crippen molar-refractivity contribution in [2.24, 2.45) is 0 Å². The Kier molecular flexibility index (Phi) is 2.96. The number of halogens is 1. The average Bonchev–Trinajstić information content (AvgIpc) is 1.95. The Morgan fingerprint density at radius 1 is 1.40 bits per heavy atom. The molecular weight excluding hydrogens is 168 g/mol. The average molecular weight is 175 g/mol. The van der Waals surface area contributed by atoms with E-state index in [2.05, 4.69) is 22.6 Å². The molecule has 2 nitrogen and oxygen atoms in total. The van der Waals surface area contributed by atoms with Gasteiger partial charge in [-0.1, -0.05) is 11.6 Å². The highest BCUT2D eigenvalue weighted by atomic mass is 35.5. The van der Waals surface area contributed by atoms with Crippen LogP contribution in [0.1, 0.15) is 5.69 Å². The molecule has 1 rings (SSSR count). The summed E-state index contributed by atoms with van der Waals surface area (Å²) >= 11 is 9.58. The molecule has 1 aromatic rings. The minimum Gasteiger partial charge on any atom is -0.256 e. The fourth-order valence-corrected chi connectivity index (χ4v) is 0.909. The Morgan fingerprint density at radius 3 is 2.70 bits per heavy atom. The third-order valence-corrected chi connectivity index (χ3v) is 1.46. The van der Waals surface area contributed by atoms with Crippen molar-refractivity contribution < 1.29 is 0 Å². The van der Waals surface area contributed by atoms with E-state index in [4.69, 9.17) is 11.6 Å². The molecule has 0 bridgehead atoms. The van der Waals surface area contributed by atoms with Gasteiger partial charge >= 0.3 is 0 Å². The van der Waals surface area contributed by atoms with Crippen LogP contribution < -0.4 is 0 Å². The zero-order valence-electron chi connectivity index (χ0n) is 5.29. The van der Waals surface area contributed by atoms with E-state index in [9.17, 15) is 0 Å². The maximum Gasteiger partial charge on any atom is 0.147 e. The van der Waals surface area contributed by atoms with E-state index in [1.54, 1.807) is 12.4 Å². The highest BCUT2D eigenvalue weighted by Crippen LogP contribution is 2.01. The Balaban J connectivity index is 2.69. The topological polar surface area (TPSA) is 25.8 Å². The molecule has 0 radical (unpaired) electrons. The summed E-state index contributed by atoms with van der Waals surface area (Å²) in [5.74, 6) is 0.788. The van der Waals surface area contributed by atoms with Gasteiger partial charge in [0, 0.05) is 6.42 Å². The quantitative estimate of drug-likeness (QED) is 0.690. The minimum atomic E-state index is 0.433. The maximum absolute atomic E-state index is 5.52. The number of aromatic nitrogens is 2. The second kappa shape index (κ2) is 3.78. The van der Waals surface area contributed by atoms with Gasteiger partial charge in [0.05, 0.1) is 18.1 Å². The van der Waals surface area contributed by atoms with Gasteiger partial charge in [-0.2, -0.15) is 12.6 Å². The third-order valence-electron chi connectivity index (χ3n) is 1.04. The van der Waals surface area contributed by atoms with E-state index < -0.39 is 0 Å². The van der Waals surface area contributed by atoms with Gasteiger partial charge in [0.25, 0.3) is 0 Å². The van der Waals surface area contributed by atoms with Gasteiger partial charge in [0.1, 0.15) is 5.15 Å². The molecule has 0 aromatic carbocycles. The lowest BCUT2D eigenvalue weighted by molar-refractivity contribution is 1.01. The van der Waals surface area contributed by atoms with Crippen LogP contribution >= 0.6 is 24.2 Å². The molecule has 0 saturated carbocycles. The molecule has 0 atom stereocenters. The second-order valence-electron chi connectivity index (χ2n) is 1.80. The molecule has 0 amide bonds. The van der Waals surface area contributed by atoms with Gasteiger partial charge in [-0.3, -0.25) is 4.98 Å². The van der Waals surface area contributed by atoms with Crippen molar-refractivity contribution in [2.75, 3.05) is 5.75 Å². The lowest BCUT2D eigenvalue weighted by Gasteiger charge is -1.94. The summed E-state index contributed by atoms with van der Waals surface area (Å²) in [5.41, 5.74) is 0.930. The van der Waals surface area contributed by atoms with Gasteiger partial charge in [-0.25, -0.2) is 4.98 Å². The fraction of sp³-hybridized carbons (Fsp3) is 0.333. The fourth-order valence-electron chi connectivity index (χ4n) is 0.583. The van der Waals surface area contributed by atoms with E-state index in [-0.39, 0.29) is 0 Å². The molecule has 0 N–H and O–H groups in total. The van der Waals surface area contributed by atoms with Crippen LogP contribution in [0.4, 0.5) is 0 Å². The van der Waals surface area contributed by atoms with E-state index >= 15 is 0 Å². The lowest BCUT2D eigenvalue weighted by atomic mass is 10.4. The molecule has 0 aliphatic carbocycles. The predicted octanol–water partition coefficient (Wildman–Crippen LogP) is 1.60. The van der Waals surface area contributed by atoms with Crippen molar-refractivity contribution in [3.63, 3.8) is 0 Å². The molecule has 0 spiro atoms. The first-order valence-corrected chi connectivity index (χ1v) is 3.91. The third kappa shape index (κ3) is 2.15. The molecule has 1 heterocycles. The summed E-state index contributed by atoms with van der Waals surface area (Å²) < 4.78 is 0. The molecule has 0 fully saturated rings. The molecule has 10 heavy (non-hydrogen) atoms. The molecule has 54 valence electrons. The van der Waals surface area contributed by atoms with Crippen LogP contribution in [0.5, 0.6) is 0 Å². The van der Waals surface area contributed by atoms with Gasteiger partial charge in [0.2, 0.25) is 0 Å². The van der Waals surface area contributed by atoms with E-state index in [0.717, 1.165) is 17.9 Å². The van der Waals surface area contributed by atoms with Crippen molar-refractivity contribution in [3.8, 4) is 0 Å². The van der Waals surface area contributed by atoms with Crippen LogP contribution in [-0.4, -0.2) is 15.7 Å². The summed E-state index contributed by atoms with van der Waals surface area (Å²) in [7, 11) is 0. The van der Waals surface area contributed by atoms with Gasteiger partial charge in [-0.15, -0.1) is 0 Å². The number of hydrogen-bond acceptors (Lipinski definition) is 3. The monoisotopic (exact) mass is 174 g/mol. The first-order valence-electron chi connectivity index (χ1n) is 2.90. The number of thiol groups is 1. The summed E-state index contributed by atoms with van der Waals surface area (Å²) in [6, 6.07) is 0. The second-order valence-corrected chi connectivity index (χ2v) is 2.64. The standard InChI is InChI=1S/C6H7ClN2S/c7-6-4-8-5(1-2-10)3-9-6/h3-4,10H,1-2H2. The number of aryl methyl sites for hydroxylation is 1. The largest absolute Gasteiger partial charge is 0.256 e. The Morgan fingerprint density at radius 2 is 2.20 bits per heavy atom. The zero-order valence-corrected chi connectivity index (χ0v) is 6.94. The van der Waals surface area contributed by atoms with E-state index in [1.165, 1.54) is 0 Å². The van der Waals surface area contributed by atoms with Crippen LogP contribution in [0.3, 0.4) is 0 Å². The van der Waals surface area contributed by atoms with Gasteiger partial charge < -0.3 is 0 Å². The highest BCUT2D eigenvalue weighted by Gasteiger charge is 1.92. The van der Waals surface area contributed by atoms with Crippen LogP contribution in [0.2, 0.25) is 5.15 Å². The van der Waals surface area contributed by atoms with Crippen molar-refractivity contribution in [2.45, 2.75) is 6.42 Å². The lowest BCUT2D eigenvalue weighted by Crippen LogP contribution is -1.91. The van der Waals surface area contributed by atoms with Crippen molar-refractivity contribution >= 4 is 24.2 Å². The van der Waals surface area contributed by atoms with E-state index in [1.807, 2.05) is 0 Å². The maximum atomic E-state index is 5.52. The van der Waals surface area contributed by atoms with Crippen LogP contribution in [0.15, 0.2) is 12.4 Å². The Hall–Kier alpha value is -0.280. The zero-order chi connectivity index (χ0) is 7.40. The van der Waals surface area contributed by atoms with Crippen molar-refractivity contribution in [3.05, 3.63) is 23.2 Å². The summed E-state index contributed by atoms with van der Waals surface area (Å²) in [4.78, 5) is 7.89. The van der Waals surface area contributed by atoms with Gasteiger partial charge in [0.15, 0.2) is 0 Å². The molecule has 1 aromatic heterocycles. The van der Waals surface area contributed by atoms with Crippen LogP contribution in [0, 0.1) is 0 Å². The number of hydrogen-bond donors (Lipinski definition) is 1. The molecule has 0 aliphatic heterocycles. The van der Waals surface area contributed by atoms with Crippen LogP contribution in [0.25, 0.3) is 0 Å². The summed E-state index contributed by atoms with van der Waals surface area (Å²) in [6.07, 6.45) is 4.05. The predicted molar refractivity (Wildman–Crippen MR) is 44.6 cm³/mol. The minimum absolute atomic E-state index is 0.433. The molecule has 0 unspecified atom stereocenters. The Labute approximate surface area is 70.1 Å². The molecular formula is C6H7ClN2S. The normalized spacial score (nSPS) is 9.80. The van der Waals surface area contributed by atoms with E-state index in [0.29, 0.717) is 5.15 Å². The number of rotatable bonds is 2. The van der Waals surface area contributed by atoms with Crippen molar-refractivity contribution in [1.29, 1.82) is 0 Å². The first-order chi connectivity index (χ1) is 4.83. The molecule has 0 aliphatic rings. The summed E-state index contributed by atoms with van der Waals surface area (Å²) in [6.45, 7) is 0. The Bertz CT molecular complexity index is 199. The SMILES string of the molecule is SCCc1cnc(Cl)cn1. The first kappa shape index (κ1) is 7.82. The van der Waals surface area contributed by atoms with Gasteiger partial charge in [-0.05, 0) is 5.75 Å². The van der Waals surface area contributed by atoms with Crippen molar-refractivity contribution in [1.82, 2.24) is 9.97 Å².